The number of amides is 1. The van der Waals surface area contributed by atoms with Gasteiger partial charge in [0.25, 0.3) is 5.91 Å². The van der Waals surface area contributed by atoms with E-state index in [4.69, 9.17) is 0 Å². The Bertz CT molecular complexity index is 820. The molecule has 1 aromatic heterocycles. The van der Waals surface area contributed by atoms with E-state index in [1.165, 1.54) is 23.5 Å². The molecule has 1 aliphatic heterocycles. The Morgan fingerprint density at radius 2 is 1.83 bits per heavy atom. The molecule has 10 heteroatoms. The van der Waals surface area contributed by atoms with E-state index in [1.54, 1.807) is 12.6 Å². The van der Waals surface area contributed by atoms with Gasteiger partial charge in [0.1, 0.15) is 10.7 Å². The molecule has 29 heavy (non-hydrogen) atoms. The Kier molecular flexibility index (Phi) is 9.08. The van der Waals surface area contributed by atoms with Crippen LogP contribution in [0.3, 0.4) is 0 Å². The number of benzene rings is 1. The predicted molar refractivity (Wildman–Crippen MR) is 126 cm³/mol. The maximum absolute atomic E-state index is 13.1. The molecule has 0 bridgehead atoms. The minimum absolute atomic E-state index is 0. The second-order valence-electron chi connectivity index (χ2n) is 6.45. The van der Waals surface area contributed by atoms with Crippen LogP contribution in [-0.4, -0.2) is 68.1 Å². The average Bonchev–Trinajstić information content (AvgIpc) is 3.15. The number of anilines is 1. The molecule has 0 spiro atoms. The minimum atomic E-state index is -0.218. The fourth-order valence-corrected chi connectivity index (χ4v) is 3.83. The lowest BCUT2D eigenvalue weighted by atomic mass is 10.2. The molecule has 0 aliphatic carbocycles. The van der Waals surface area contributed by atoms with Crippen molar-refractivity contribution in [1.29, 1.82) is 0 Å². The number of aromatic nitrogens is 1. The van der Waals surface area contributed by atoms with Gasteiger partial charge in [0.2, 0.25) is 0 Å². The molecule has 0 atom stereocenters. The molecule has 158 valence electrons. The normalized spacial score (nSPS) is 14.4. The van der Waals surface area contributed by atoms with Gasteiger partial charge in [0, 0.05) is 52.0 Å². The summed E-state index contributed by atoms with van der Waals surface area (Å²) in [5.74, 6) is 0.510. The molecule has 0 saturated carbocycles. The number of thiazole rings is 1. The van der Waals surface area contributed by atoms with Crippen LogP contribution in [0.1, 0.15) is 15.4 Å². The first-order valence-electron chi connectivity index (χ1n) is 9.23. The second kappa shape index (κ2) is 11.3. The van der Waals surface area contributed by atoms with Crippen molar-refractivity contribution in [1.82, 2.24) is 20.5 Å². The molecule has 2 N–H and O–H groups in total. The molecule has 1 aromatic carbocycles. The van der Waals surface area contributed by atoms with E-state index < -0.39 is 0 Å². The zero-order valence-electron chi connectivity index (χ0n) is 16.5. The molecule has 2 heterocycles. The van der Waals surface area contributed by atoms with Crippen LogP contribution in [0.15, 0.2) is 34.8 Å². The maximum Gasteiger partial charge on any atom is 0.263 e. The van der Waals surface area contributed by atoms with E-state index in [0.717, 1.165) is 43.5 Å². The summed E-state index contributed by atoms with van der Waals surface area (Å²) >= 11 is 1.35. The summed E-state index contributed by atoms with van der Waals surface area (Å²) in [6.45, 7) is 6.25. The smallest absolute Gasteiger partial charge is 0.263 e. The minimum Gasteiger partial charge on any atom is -0.368 e. The molecule has 1 amide bonds. The lowest BCUT2D eigenvalue weighted by Crippen LogP contribution is -2.53. The van der Waals surface area contributed by atoms with Crippen LogP contribution < -0.4 is 15.5 Å². The highest BCUT2D eigenvalue weighted by atomic mass is 127. The Morgan fingerprint density at radius 3 is 2.41 bits per heavy atom. The lowest BCUT2D eigenvalue weighted by molar-refractivity contribution is 0.0957. The van der Waals surface area contributed by atoms with Gasteiger partial charge in [-0.05, 0) is 31.2 Å². The summed E-state index contributed by atoms with van der Waals surface area (Å²) in [6, 6.07) is 6.60. The Morgan fingerprint density at radius 1 is 1.17 bits per heavy atom. The highest BCUT2D eigenvalue weighted by Gasteiger charge is 2.20. The Labute approximate surface area is 191 Å². The SMILES string of the molecule is CN=C(NCCNC(=O)c1scnc1C)N1CCN(c2ccc(F)cc2)CC1.I. The van der Waals surface area contributed by atoms with Gasteiger partial charge in [-0.3, -0.25) is 9.79 Å². The van der Waals surface area contributed by atoms with Crippen molar-refractivity contribution >= 4 is 52.9 Å². The number of carbonyl (C=O) groups excluding carboxylic acids is 1. The van der Waals surface area contributed by atoms with Crippen molar-refractivity contribution in [2.24, 2.45) is 4.99 Å². The molecular formula is C19H26FIN6OS. The van der Waals surface area contributed by atoms with Crippen molar-refractivity contribution in [2.45, 2.75) is 6.92 Å². The van der Waals surface area contributed by atoms with Crippen molar-refractivity contribution < 1.29 is 9.18 Å². The third kappa shape index (κ3) is 6.26. The molecule has 1 fully saturated rings. The first-order valence-corrected chi connectivity index (χ1v) is 10.1. The monoisotopic (exact) mass is 532 g/mol. The van der Waals surface area contributed by atoms with Gasteiger partial charge in [0.05, 0.1) is 11.2 Å². The summed E-state index contributed by atoms with van der Waals surface area (Å²) in [6.07, 6.45) is 0. The van der Waals surface area contributed by atoms with Gasteiger partial charge in [-0.25, -0.2) is 9.37 Å². The van der Waals surface area contributed by atoms with Crippen molar-refractivity contribution in [3.05, 3.63) is 46.2 Å². The van der Waals surface area contributed by atoms with Gasteiger partial charge in [-0.2, -0.15) is 0 Å². The summed E-state index contributed by atoms with van der Waals surface area (Å²) < 4.78 is 13.1. The zero-order chi connectivity index (χ0) is 19.9. The largest absolute Gasteiger partial charge is 0.368 e. The molecule has 7 nitrogen and oxygen atoms in total. The molecule has 3 rings (SSSR count). The summed E-state index contributed by atoms with van der Waals surface area (Å²) in [5, 5.41) is 6.20. The predicted octanol–water partition coefficient (Wildman–Crippen LogP) is 2.34. The number of hydrogen-bond acceptors (Lipinski definition) is 5. The lowest BCUT2D eigenvalue weighted by Gasteiger charge is -2.37. The Balaban J connectivity index is 0.00000300. The number of hydrogen-bond donors (Lipinski definition) is 2. The number of piperazine rings is 1. The quantitative estimate of drug-likeness (QED) is 0.268. The van der Waals surface area contributed by atoms with Crippen LogP contribution in [0.25, 0.3) is 0 Å². The van der Waals surface area contributed by atoms with Crippen LogP contribution in [0.5, 0.6) is 0 Å². The second-order valence-corrected chi connectivity index (χ2v) is 7.30. The average molecular weight is 532 g/mol. The number of halogens is 2. The fourth-order valence-electron chi connectivity index (χ4n) is 3.11. The number of carbonyl (C=O) groups is 1. The van der Waals surface area contributed by atoms with Crippen molar-refractivity contribution in [2.75, 3.05) is 51.2 Å². The zero-order valence-corrected chi connectivity index (χ0v) is 19.7. The number of nitrogens with one attached hydrogen (secondary N) is 2. The van der Waals surface area contributed by atoms with Crippen LogP contribution in [0, 0.1) is 12.7 Å². The third-order valence-electron chi connectivity index (χ3n) is 4.63. The van der Waals surface area contributed by atoms with E-state index >= 15 is 0 Å². The number of nitrogens with zero attached hydrogens (tertiary/aromatic N) is 4. The highest BCUT2D eigenvalue weighted by molar-refractivity contribution is 14.0. The van der Waals surface area contributed by atoms with Crippen LogP contribution in [0.4, 0.5) is 10.1 Å². The molecule has 0 unspecified atom stereocenters. The number of rotatable bonds is 5. The van der Waals surface area contributed by atoms with Crippen LogP contribution >= 0.6 is 35.3 Å². The number of aryl methyl sites for hydroxylation is 1. The summed E-state index contributed by atoms with van der Waals surface area (Å²) in [5.41, 5.74) is 3.46. The first kappa shape index (κ1) is 23.3. The standard InChI is InChI=1S/C19H25FN6OS.HI/c1-14-17(28-13-24-14)18(27)22-7-8-23-19(21-2)26-11-9-25(10-12-26)16-5-3-15(20)4-6-16;/h3-6,13H,7-12H2,1-2H3,(H,21,23)(H,22,27);1H. The van der Waals surface area contributed by atoms with E-state index in [0.29, 0.717) is 18.0 Å². The Hall–Kier alpha value is -1.95. The van der Waals surface area contributed by atoms with Crippen molar-refractivity contribution in [3.63, 3.8) is 0 Å². The van der Waals surface area contributed by atoms with Gasteiger partial charge >= 0.3 is 0 Å². The number of aliphatic imine (C=N–C) groups is 1. The topological polar surface area (TPSA) is 72.9 Å². The van der Waals surface area contributed by atoms with E-state index in [-0.39, 0.29) is 35.7 Å². The van der Waals surface area contributed by atoms with Gasteiger partial charge in [-0.15, -0.1) is 35.3 Å². The van der Waals surface area contributed by atoms with E-state index in [1.807, 2.05) is 19.1 Å². The molecular weight excluding hydrogens is 506 g/mol. The maximum atomic E-state index is 13.1. The summed E-state index contributed by atoms with van der Waals surface area (Å²) in [4.78, 5) is 25.6. The van der Waals surface area contributed by atoms with Gasteiger partial charge in [-0.1, -0.05) is 0 Å². The molecule has 1 aliphatic rings. The third-order valence-corrected chi connectivity index (χ3v) is 5.56. The molecule has 1 saturated heterocycles. The van der Waals surface area contributed by atoms with Crippen LogP contribution in [0.2, 0.25) is 0 Å². The van der Waals surface area contributed by atoms with E-state index in [9.17, 15) is 9.18 Å². The number of guanidine groups is 1. The van der Waals surface area contributed by atoms with Gasteiger partial charge in [0.15, 0.2) is 5.96 Å². The fraction of sp³-hybridized carbons (Fsp3) is 0.421. The van der Waals surface area contributed by atoms with Gasteiger partial charge < -0.3 is 20.4 Å². The van der Waals surface area contributed by atoms with Crippen LogP contribution in [-0.2, 0) is 0 Å². The highest BCUT2D eigenvalue weighted by Crippen LogP contribution is 2.17. The molecule has 0 radical (unpaired) electrons. The van der Waals surface area contributed by atoms with E-state index in [2.05, 4.69) is 30.4 Å². The molecule has 2 aromatic rings. The summed E-state index contributed by atoms with van der Waals surface area (Å²) in [7, 11) is 1.76. The first-order chi connectivity index (χ1) is 13.6. The van der Waals surface area contributed by atoms with Crippen molar-refractivity contribution in [3.8, 4) is 0 Å².